The van der Waals surface area contributed by atoms with E-state index in [1.54, 1.807) is 0 Å². The Morgan fingerprint density at radius 2 is 0.903 bits per heavy atom. The maximum absolute atomic E-state index is 14.6. The largest absolute Gasteiger partial charge is 0.416 e. The summed E-state index contributed by atoms with van der Waals surface area (Å²) in [5.74, 6) is -21.5. The Balaban J connectivity index is 2.25. The van der Waals surface area contributed by atoms with E-state index in [0.717, 1.165) is 12.1 Å². The van der Waals surface area contributed by atoms with E-state index in [0.29, 0.717) is 12.1 Å². The third-order valence-electron chi connectivity index (χ3n) is 5.01. The highest BCUT2D eigenvalue weighted by Crippen LogP contribution is 2.55. The van der Waals surface area contributed by atoms with Crippen LogP contribution in [0.25, 0.3) is 11.1 Å². The van der Waals surface area contributed by atoms with Crippen LogP contribution in [0, 0.1) is 46.5 Å². The van der Waals surface area contributed by atoms with Crippen LogP contribution in [0.4, 0.5) is 48.3 Å². The van der Waals surface area contributed by atoms with Gasteiger partial charge in [0.1, 0.15) is 0 Å². The van der Waals surface area contributed by atoms with E-state index in [9.17, 15) is 48.3 Å². The predicted molar refractivity (Wildman–Crippen MR) is 83.9 cm³/mol. The zero-order chi connectivity index (χ0) is 23.0. The lowest BCUT2D eigenvalue weighted by atomic mass is 9.85. The first-order chi connectivity index (χ1) is 14.4. The summed E-state index contributed by atoms with van der Waals surface area (Å²) >= 11 is 0. The summed E-state index contributed by atoms with van der Waals surface area (Å²) in [7, 11) is 0. The number of benzene rings is 3. The average Bonchev–Trinajstić information content (AvgIpc) is 3.09. The van der Waals surface area contributed by atoms with Gasteiger partial charge in [-0.25, -0.2) is 35.1 Å². The molecule has 3 aromatic carbocycles. The van der Waals surface area contributed by atoms with Gasteiger partial charge >= 0.3 is 6.18 Å². The quantitative estimate of drug-likeness (QED) is 0.165. The van der Waals surface area contributed by atoms with Crippen molar-refractivity contribution in [3.8, 4) is 11.1 Å². The summed E-state index contributed by atoms with van der Waals surface area (Å²) in [6.07, 6.45) is -5.17. The summed E-state index contributed by atoms with van der Waals surface area (Å²) in [5.41, 5.74) is -8.51. The number of hydrogen-bond donors (Lipinski definition) is 0. The van der Waals surface area contributed by atoms with Crippen molar-refractivity contribution >= 4 is 0 Å². The van der Waals surface area contributed by atoms with Crippen LogP contribution >= 0.6 is 0 Å². The molecule has 0 N–H and O–H groups in total. The van der Waals surface area contributed by atoms with Gasteiger partial charge < -0.3 is 0 Å². The molecular formula is C20H5F11. The molecule has 162 valence electrons. The lowest BCUT2D eigenvalue weighted by Gasteiger charge is -2.21. The van der Waals surface area contributed by atoms with Gasteiger partial charge in [-0.05, 0) is 11.6 Å². The molecule has 0 radical (unpaired) electrons. The van der Waals surface area contributed by atoms with Gasteiger partial charge in [-0.1, -0.05) is 18.2 Å². The smallest absolute Gasteiger partial charge is 0.203 e. The number of fused-ring (bicyclic) bond motifs is 3. The summed E-state index contributed by atoms with van der Waals surface area (Å²) in [6, 6.07) is 2.96. The Bertz CT molecular complexity index is 1190. The molecule has 0 fully saturated rings. The van der Waals surface area contributed by atoms with Crippen LogP contribution in [0.3, 0.4) is 0 Å². The summed E-state index contributed by atoms with van der Waals surface area (Å²) in [5, 5.41) is 0. The lowest BCUT2D eigenvalue weighted by Crippen LogP contribution is -2.15. The first kappa shape index (κ1) is 21.1. The van der Waals surface area contributed by atoms with Gasteiger partial charge in [-0.15, -0.1) is 0 Å². The van der Waals surface area contributed by atoms with Crippen LogP contribution in [-0.2, 0) is 6.18 Å². The second-order valence-corrected chi connectivity index (χ2v) is 6.61. The summed E-state index contributed by atoms with van der Waals surface area (Å²) in [6.45, 7) is 0. The van der Waals surface area contributed by atoms with Crippen LogP contribution in [-0.4, -0.2) is 0 Å². The second kappa shape index (κ2) is 6.69. The van der Waals surface area contributed by atoms with Crippen LogP contribution in [0.5, 0.6) is 0 Å². The van der Waals surface area contributed by atoms with E-state index in [1.807, 2.05) is 0 Å². The molecule has 0 saturated heterocycles. The standard InChI is InChI=1S/C20H5F11/c21-12-8-7(5-3-1-2-4-6(5)20(29,30)31)9-11(10(8)14(23)18(27)16(12)25)15(24)19(28)17(26)13(9)22/h1-4,7H. The maximum Gasteiger partial charge on any atom is 0.416 e. The van der Waals surface area contributed by atoms with Crippen LogP contribution < -0.4 is 0 Å². The molecule has 1 aliphatic carbocycles. The Morgan fingerprint density at radius 3 is 1.32 bits per heavy atom. The van der Waals surface area contributed by atoms with Crippen molar-refractivity contribution in [1.29, 1.82) is 0 Å². The molecule has 0 bridgehead atoms. The highest BCUT2D eigenvalue weighted by molar-refractivity contribution is 5.82. The molecule has 0 nitrogen and oxygen atoms in total. The average molecular weight is 454 g/mol. The van der Waals surface area contributed by atoms with E-state index in [2.05, 4.69) is 0 Å². The fraction of sp³-hybridized carbons (Fsp3) is 0.100. The molecular weight excluding hydrogens is 449 g/mol. The normalized spacial score (nSPS) is 13.5. The molecule has 0 spiro atoms. The Morgan fingerprint density at radius 1 is 0.516 bits per heavy atom. The van der Waals surface area contributed by atoms with Crippen LogP contribution in [0.2, 0.25) is 0 Å². The van der Waals surface area contributed by atoms with Crippen LogP contribution in [0.1, 0.15) is 28.2 Å². The molecule has 11 heteroatoms. The van der Waals surface area contributed by atoms with Crippen molar-refractivity contribution < 1.29 is 48.3 Å². The van der Waals surface area contributed by atoms with Crippen molar-refractivity contribution in [3.63, 3.8) is 0 Å². The van der Waals surface area contributed by atoms with Gasteiger partial charge in [-0.2, -0.15) is 13.2 Å². The molecule has 3 aromatic rings. The van der Waals surface area contributed by atoms with E-state index in [4.69, 9.17) is 0 Å². The van der Waals surface area contributed by atoms with Crippen molar-refractivity contribution in [2.24, 2.45) is 0 Å². The van der Waals surface area contributed by atoms with E-state index >= 15 is 0 Å². The minimum absolute atomic E-state index is 0.454. The molecule has 4 rings (SSSR count). The summed E-state index contributed by atoms with van der Waals surface area (Å²) < 4.78 is 154. The Kier molecular flexibility index (Phi) is 4.56. The van der Waals surface area contributed by atoms with Crippen molar-refractivity contribution in [3.05, 3.63) is 93.1 Å². The zero-order valence-electron chi connectivity index (χ0n) is 14.5. The minimum atomic E-state index is -5.17. The topological polar surface area (TPSA) is 0 Å². The SMILES string of the molecule is Fc1c(F)c(F)c2c(c1F)-c1c(F)c(F)c(F)c(F)c1C2c1ccccc1C(F)(F)F. The molecule has 0 aliphatic heterocycles. The zero-order valence-corrected chi connectivity index (χ0v) is 14.5. The van der Waals surface area contributed by atoms with Crippen molar-refractivity contribution in [1.82, 2.24) is 0 Å². The Labute approximate surface area is 165 Å². The fourth-order valence-electron chi connectivity index (χ4n) is 3.79. The van der Waals surface area contributed by atoms with Gasteiger partial charge in [0.2, 0.25) is 0 Å². The second-order valence-electron chi connectivity index (χ2n) is 6.61. The molecule has 0 heterocycles. The highest BCUT2D eigenvalue weighted by atomic mass is 19.4. The van der Waals surface area contributed by atoms with Gasteiger partial charge in [0, 0.05) is 28.2 Å². The number of rotatable bonds is 1. The van der Waals surface area contributed by atoms with Gasteiger partial charge in [0.25, 0.3) is 0 Å². The van der Waals surface area contributed by atoms with Gasteiger partial charge in [0.15, 0.2) is 46.5 Å². The molecule has 0 atom stereocenters. The predicted octanol–water partition coefficient (Wildman–Crippen LogP) is 6.98. The van der Waals surface area contributed by atoms with Gasteiger partial charge in [0.05, 0.1) is 5.56 Å². The van der Waals surface area contributed by atoms with E-state index < -0.39 is 92.0 Å². The van der Waals surface area contributed by atoms with Crippen LogP contribution in [0.15, 0.2) is 24.3 Å². The third kappa shape index (κ3) is 2.75. The monoisotopic (exact) mass is 454 g/mol. The number of halogens is 11. The first-order valence-electron chi connectivity index (χ1n) is 8.27. The highest BCUT2D eigenvalue weighted by Gasteiger charge is 2.47. The first-order valence-corrected chi connectivity index (χ1v) is 8.27. The minimum Gasteiger partial charge on any atom is -0.203 e. The summed E-state index contributed by atoms with van der Waals surface area (Å²) in [4.78, 5) is 0. The molecule has 31 heavy (non-hydrogen) atoms. The molecule has 0 aromatic heterocycles. The molecule has 0 amide bonds. The Hall–Kier alpha value is -3.11. The van der Waals surface area contributed by atoms with Crippen molar-refractivity contribution in [2.75, 3.05) is 0 Å². The van der Waals surface area contributed by atoms with E-state index in [-0.39, 0.29) is 0 Å². The maximum atomic E-state index is 14.6. The molecule has 0 saturated carbocycles. The van der Waals surface area contributed by atoms with Crippen molar-refractivity contribution in [2.45, 2.75) is 12.1 Å². The van der Waals surface area contributed by atoms with Gasteiger partial charge in [-0.3, -0.25) is 0 Å². The fourth-order valence-corrected chi connectivity index (χ4v) is 3.79. The lowest BCUT2D eigenvalue weighted by molar-refractivity contribution is -0.138. The molecule has 1 aliphatic rings. The molecule has 0 unspecified atom stereocenters. The number of alkyl halides is 3. The van der Waals surface area contributed by atoms with E-state index in [1.165, 1.54) is 0 Å². The third-order valence-corrected chi connectivity index (χ3v) is 5.01. The number of hydrogen-bond acceptors (Lipinski definition) is 0.